The number of likely N-dealkylation sites (N-methyl/N-ethyl adjacent to an activating group) is 1. The van der Waals surface area contributed by atoms with Gasteiger partial charge in [0.1, 0.15) is 0 Å². The van der Waals surface area contributed by atoms with Gasteiger partial charge < -0.3 is 10.2 Å². The molecule has 2 rings (SSSR count). The SMILES string of the molecule is Cc1cccc(C)c1-n1nnn(C[NH+](C)CC(=O)NC(C)C)c1=S. The molecule has 2 N–H and O–H groups in total. The van der Waals surface area contributed by atoms with Gasteiger partial charge in [-0.15, -0.1) is 0 Å². The zero-order chi connectivity index (χ0) is 17.9. The maximum absolute atomic E-state index is 11.8. The number of rotatable bonds is 6. The summed E-state index contributed by atoms with van der Waals surface area (Å²) in [5, 5.41) is 11.2. The summed E-state index contributed by atoms with van der Waals surface area (Å²) >= 11 is 5.52. The molecule has 1 amide bonds. The van der Waals surface area contributed by atoms with Gasteiger partial charge in [0.2, 0.25) is 4.77 Å². The van der Waals surface area contributed by atoms with Crippen LogP contribution in [-0.2, 0) is 11.5 Å². The summed E-state index contributed by atoms with van der Waals surface area (Å²) < 4.78 is 3.86. The molecule has 0 spiro atoms. The first-order valence-electron chi connectivity index (χ1n) is 7.99. The van der Waals surface area contributed by atoms with E-state index < -0.39 is 0 Å². The highest BCUT2D eigenvalue weighted by Crippen LogP contribution is 2.17. The van der Waals surface area contributed by atoms with E-state index >= 15 is 0 Å². The lowest BCUT2D eigenvalue weighted by Gasteiger charge is -2.14. The molecule has 0 fully saturated rings. The summed E-state index contributed by atoms with van der Waals surface area (Å²) in [6.45, 7) is 8.78. The molecule has 1 heterocycles. The van der Waals surface area contributed by atoms with Crippen LogP contribution < -0.4 is 10.2 Å². The minimum absolute atomic E-state index is 0.0103. The van der Waals surface area contributed by atoms with Crippen molar-refractivity contribution in [2.75, 3.05) is 13.6 Å². The summed E-state index contributed by atoms with van der Waals surface area (Å²) in [6.07, 6.45) is 0. The molecule has 24 heavy (non-hydrogen) atoms. The second kappa shape index (κ2) is 7.67. The van der Waals surface area contributed by atoms with Gasteiger partial charge in [-0.1, -0.05) is 18.2 Å². The molecule has 7 nitrogen and oxygen atoms in total. The molecule has 0 aliphatic rings. The number of nitrogens with one attached hydrogen (secondary N) is 2. The quantitative estimate of drug-likeness (QED) is 0.742. The number of quaternary nitrogens is 1. The molecule has 2 aromatic rings. The van der Waals surface area contributed by atoms with E-state index in [9.17, 15) is 4.79 Å². The number of tetrazole rings is 1. The number of carbonyl (C=O) groups excluding carboxylic acids is 1. The average molecular weight is 349 g/mol. The zero-order valence-corrected chi connectivity index (χ0v) is 15.6. The number of benzene rings is 1. The third kappa shape index (κ3) is 4.27. The molecule has 1 atom stereocenters. The number of carbonyl (C=O) groups is 1. The molecular formula is C16H25N6OS+. The van der Waals surface area contributed by atoms with Crippen molar-refractivity contribution in [2.24, 2.45) is 0 Å². The monoisotopic (exact) mass is 349 g/mol. The van der Waals surface area contributed by atoms with Gasteiger partial charge in [-0.25, -0.2) is 0 Å². The van der Waals surface area contributed by atoms with Crippen molar-refractivity contribution >= 4 is 18.1 Å². The first-order chi connectivity index (χ1) is 11.3. The van der Waals surface area contributed by atoms with Crippen LogP contribution in [0.15, 0.2) is 18.2 Å². The van der Waals surface area contributed by atoms with Gasteiger partial charge in [0.25, 0.3) is 5.91 Å². The second-order valence-corrected chi connectivity index (χ2v) is 6.79. The van der Waals surface area contributed by atoms with Crippen molar-refractivity contribution in [3.05, 3.63) is 34.1 Å². The van der Waals surface area contributed by atoms with Gasteiger partial charge >= 0.3 is 0 Å². The Labute approximate surface area is 147 Å². The number of amides is 1. The number of nitrogens with zero attached hydrogens (tertiary/aromatic N) is 4. The van der Waals surface area contributed by atoms with Crippen LogP contribution in [0.5, 0.6) is 0 Å². The van der Waals surface area contributed by atoms with Crippen molar-refractivity contribution in [3.63, 3.8) is 0 Å². The normalized spacial score (nSPS) is 12.4. The largest absolute Gasteiger partial charge is 0.349 e. The smallest absolute Gasteiger partial charge is 0.275 e. The number of aryl methyl sites for hydroxylation is 2. The molecule has 1 aromatic heterocycles. The third-order valence-corrected chi connectivity index (χ3v) is 4.01. The van der Waals surface area contributed by atoms with Crippen molar-refractivity contribution in [2.45, 2.75) is 40.4 Å². The Morgan fingerprint density at radius 3 is 2.50 bits per heavy atom. The van der Waals surface area contributed by atoms with Gasteiger partial charge in [-0.2, -0.15) is 9.36 Å². The Kier molecular flexibility index (Phi) is 5.84. The summed E-state index contributed by atoms with van der Waals surface area (Å²) in [5.74, 6) is 0.0103. The van der Waals surface area contributed by atoms with E-state index in [4.69, 9.17) is 12.2 Å². The Morgan fingerprint density at radius 1 is 1.29 bits per heavy atom. The fourth-order valence-corrected chi connectivity index (χ4v) is 2.84. The van der Waals surface area contributed by atoms with Gasteiger partial charge in [0, 0.05) is 6.04 Å². The Hall–Kier alpha value is -2.06. The van der Waals surface area contributed by atoms with Crippen LogP contribution in [0.4, 0.5) is 0 Å². The molecule has 0 bridgehead atoms. The van der Waals surface area contributed by atoms with Crippen LogP contribution in [0.3, 0.4) is 0 Å². The fourth-order valence-electron chi connectivity index (χ4n) is 2.61. The van der Waals surface area contributed by atoms with Crippen LogP contribution in [0, 0.1) is 18.6 Å². The lowest BCUT2D eigenvalue weighted by molar-refractivity contribution is -0.895. The predicted molar refractivity (Wildman–Crippen MR) is 94.7 cm³/mol. The van der Waals surface area contributed by atoms with Gasteiger partial charge in [-0.3, -0.25) is 4.79 Å². The minimum Gasteiger partial charge on any atom is -0.349 e. The third-order valence-electron chi connectivity index (χ3n) is 3.62. The van der Waals surface area contributed by atoms with E-state index in [1.807, 2.05) is 52.9 Å². The summed E-state index contributed by atoms with van der Waals surface area (Å²) in [6, 6.07) is 6.19. The maximum Gasteiger partial charge on any atom is 0.275 e. The predicted octanol–water partition coefficient (Wildman–Crippen LogP) is 0.412. The molecular weight excluding hydrogens is 324 g/mol. The molecule has 0 saturated carbocycles. The number of para-hydroxylation sites is 1. The van der Waals surface area contributed by atoms with E-state index in [1.165, 1.54) is 0 Å². The number of aromatic nitrogens is 4. The molecule has 1 aromatic carbocycles. The van der Waals surface area contributed by atoms with Crippen LogP contribution in [0.1, 0.15) is 25.0 Å². The Balaban J connectivity index is 2.16. The van der Waals surface area contributed by atoms with E-state index in [1.54, 1.807) is 9.36 Å². The second-order valence-electron chi connectivity index (χ2n) is 6.43. The molecule has 0 aliphatic carbocycles. The van der Waals surface area contributed by atoms with Gasteiger partial charge in [0.05, 0.1) is 12.7 Å². The zero-order valence-electron chi connectivity index (χ0n) is 14.8. The molecule has 0 radical (unpaired) electrons. The van der Waals surface area contributed by atoms with Crippen LogP contribution >= 0.6 is 12.2 Å². The highest BCUT2D eigenvalue weighted by Gasteiger charge is 2.15. The minimum atomic E-state index is 0.0103. The summed E-state index contributed by atoms with van der Waals surface area (Å²) in [4.78, 5) is 12.8. The van der Waals surface area contributed by atoms with Crippen molar-refractivity contribution < 1.29 is 9.69 Å². The standard InChI is InChI=1S/C16H24N6OS/c1-11(2)17-14(23)9-20(5)10-21-16(24)22(19-18-21)15-12(3)7-6-8-13(15)4/h6-8,11H,9-10H2,1-5H3,(H,17,23)/p+1. The van der Waals surface area contributed by atoms with Crippen molar-refractivity contribution in [1.82, 2.24) is 25.1 Å². The number of hydrogen-bond acceptors (Lipinski definition) is 4. The van der Waals surface area contributed by atoms with Gasteiger partial charge in [0.15, 0.2) is 13.2 Å². The topological polar surface area (TPSA) is 69.2 Å². The maximum atomic E-state index is 11.8. The lowest BCUT2D eigenvalue weighted by atomic mass is 10.1. The fraction of sp³-hybridized carbons (Fsp3) is 0.500. The van der Waals surface area contributed by atoms with E-state index in [2.05, 4.69) is 15.7 Å². The first kappa shape index (κ1) is 18.3. The Bertz CT molecular complexity index is 759. The highest BCUT2D eigenvalue weighted by molar-refractivity contribution is 7.71. The van der Waals surface area contributed by atoms with E-state index in [0.29, 0.717) is 18.0 Å². The number of hydrogen-bond donors (Lipinski definition) is 2. The summed E-state index contributed by atoms with van der Waals surface area (Å²) in [7, 11) is 1.93. The van der Waals surface area contributed by atoms with Gasteiger partial charge in [-0.05, 0) is 61.5 Å². The molecule has 0 saturated heterocycles. The lowest BCUT2D eigenvalue weighted by Crippen LogP contribution is -3.09. The molecule has 0 aliphatic heterocycles. The van der Waals surface area contributed by atoms with Crippen LogP contribution in [0.25, 0.3) is 5.69 Å². The van der Waals surface area contributed by atoms with Crippen LogP contribution in [-0.4, -0.2) is 45.3 Å². The van der Waals surface area contributed by atoms with Crippen LogP contribution in [0.2, 0.25) is 0 Å². The summed E-state index contributed by atoms with van der Waals surface area (Å²) in [5.41, 5.74) is 3.15. The van der Waals surface area contributed by atoms with E-state index in [0.717, 1.165) is 21.7 Å². The van der Waals surface area contributed by atoms with Crippen molar-refractivity contribution in [1.29, 1.82) is 0 Å². The van der Waals surface area contributed by atoms with E-state index in [-0.39, 0.29) is 11.9 Å². The highest BCUT2D eigenvalue weighted by atomic mass is 32.1. The average Bonchev–Trinajstić information content (AvgIpc) is 2.79. The molecule has 8 heteroatoms. The Morgan fingerprint density at radius 2 is 1.92 bits per heavy atom. The molecule has 1 unspecified atom stereocenters. The molecule has 130 valence electrons. The first-order valence-corrected chi connectivity index (χ1v) is 8.40. The van der Waals surface area contributed by atoms with Crippen molar-refractivity contribution in [3.8, 4) is 5.69 Å².